The fourth-order valence-corrected chi connectivity index (χ4v) is 2.35. The van der Waals surface area contributed by atoms with Gasteiger partial charge in [0.05, 0.1) is 11.4 Å². The molecule has 0 saturated heterocycles. The first kappa shape index (κ1) is 12.3. The highest BCUT2D eigenvalue weighted by molar-refractivity contribution is 7.89. The van der Waals surface area contributed by atoms with E-state index in [-0.39, 0.29) is 11.4 Å². The van der Waals surface area contributed by atoms with Crippen LogP contribution in [0, 0.1) is 19.4 Å². The van der Waals surface area contributed by atoms with Crippen LogP contribution in [0.2, 0.25) is 0 Å². The van der Waals surface area contributed by atoms with E-state index in [9.17, 15) is 8.42 Å². The summed E-state index contributed by atoms with van der Waals surface area (Å²) in [7, 11) is -3.60. The first-order valence-corrected chi connectivity index (χ1v) is 6.13. The molecule has 1 rings (SSSR count). The monoisotopic (exact) mass is 235 g/mol. The Morgan fingerprint density at radius 1 is 1.44 bits per heavy atom. The first-order chi connectivity index (χ1) is 7.52. The second-order valence-corrected chi connectivity index (χ2v) is 5.13. The number of hydrogen-bond acceptors (Lipinski definition) is 2. The minimum absolute atomic E-state index is 0.104. The van der Waals surface area contributed by atoms with Crippen LogP contribution in [-0.2, 0) is 10.0 Å². The maximum atomic E-state index is 12.0. The van der Waals surface area contributed by atoms with Gasteiger partial charge >= 0.3 is 0 Å². The Morgan fingerprint density at radius 2 is 2.00 bits per heavy atom. The van der Waals surface area contributed by atoms with Crippen molar-refractivity contribution in [3.05, 3.63) is 42.5 Å². The van der Waals surface area contributed by atoms with Crippen molar-refractivity contribution in [3.8, 4) is 12.5 Å². The molecule has 0 amide bonds. The van der Waals surface area contributed by atoms with Gasteiger partial charge < -0.3 is 0 Å². The van der Waals surface area contributed by atoms with Crippen LogP contribution in [0.1, 0.15) is 5.56 Å². The predicted molar refractivity (Wildman–Crippen MR) is 64.1 cm³/mol. The van der Waals surface area contributed by atoms with Gasteiger partial charge in [-0.1, -0.05) is 30.2 Å². The van der Waals surface area contributed by atoms with Crippen molar-refractivity contribution in [1.29, 1.82) is 0 Å². The fraction of sp³-hybridized carbons (Fsp3) is 0.167. The Balaban J connectivity index is 3.15. The summed E-state index contributed by atoms with van der Waals surface area (Å²) in [5.41, 5.74) is 0.995. The molecular weight excluding hydrogens is 222 g/mol. The molecule has 3 nitrogen and oxygen atoms in total. The van der Waals surface area contributed by atoms with Crippen LogP contribution < -0.4 is 0 Å². The van der Waals surface area contributed by atoms with Crippen molar-refractivity contribution in [2.75, 3.05) is 6.54 Å². The van der Waals surface area contributed by atoms with E-state index in [1.54, 1.807) is 12.1 Å². The zero-order valence-electron chi connectivity index (χ0n) is 9.05. The number of benzene rings is 1. The highest BCUT2D eigenvalue weighted by Gasteiger charge is 2.20. The van der Waals surface area contributed by atoms with Gasteiger partial charge in [0.1, 0.15) is 0 Å². The lowest BCUT2D eigenvalue weighted by Crippen LogP contribution is -2.26. The molecule has 0 radical (unpaired) electrons. The molecule has 0 atom stereocenters. The molecule has 0 spiro atoms. The van der Waals surface area contributed by atoms with E-state index in [2.05, 4.69) is 12.6 Å². The van der Waals surface area contributed by atoms with Crippen molar-refractivity contribution >= 4 is 10.0 Å². The molecule has 0 bridgehead atoms. The Labute approximate surface area is 96.5 Å². The second kappa shape index (κ2) is 4.86. The molecule has 0 heterocycles. The smallest absolute Gasteiger partial charge is 0.221 e. The number of rotatable bonds is 4. The van der Waals surface area contributed by atoms with E-state index < -0.39 is 10.0 Å². The van der Waals surface area contributed by atoms with Crippen molar-refractivity contribution in [3.63, 3.8) is 0 Å². The number of hydrogen-bond donors (Lipinski definition) is 0. The maximum absolute atomic E-state index is 12.0. The number of aryl methyl sites for hydroxylation is 1. The van der Waals surface area contributed by atoms with Crippen LogP contribution in [0.5, 0.6) is 0 Å². The van der Waals surface area contributed by atoms with Crippen molar-refractivity contribution in [2.45, 2.75) is 11.8 Å². The van der Waals surface area contributed by atoms with Crippen LogP contribution in [0.15, 0.2) is 41.8 Å². The van der Waals surface area contributed by atoms with Gasteiger partial charge in [0.25, 0.3) is 10.0 Å². The normalized spacial score (nSPS) is 10.5. The summed E-state index contributed by atoms with van der Waals surface area (Å²) in [6.07, 6.45) is 6.61. The third-order valence-corrected chi connectivity index (χ3v) is 3.75. The summed E-state index contributed by atoms with van der Waals surface area (Å²) in [5, 5.41) is 0. The largest absolute Gasteiger partial charge is 0.271 e. The molecule has 84 valence electrons. The van der Waals surface area contributed by atoms with Gasteiger partial charge in [0.15, 0.2) is 0 Å². The Hall–Kier alpha value is -1.73. The van der Waals surface area contributed by atoms with Crippen LogP contribution in [0.3, 0.4) is 0 Å². The first-order valence-electron chi connectivity index (χ1n) is 4.69. The maximum Gasteiger partial charge on any atom is 0.271 e. The average Bonchev–Trinajstić information content (AvgIpc) is 2.26. The highest BCUT2D eigenvalue weighted by atomic mass is 32.2. The third kappa shape index (κ3) is 2.44. The summed E-state index contributed by atoms with van der Waals surface area (Å²) in [6.45, 7) is 5.46. The molecule has 1 aromatic carbocycles. The topological polar surface area (TPSA) is 37.4 Å². The fourth-order valence-electron chi connectivity index (χ4n) is 1.17. The van der Waals surface area contributed by atoms with Crippen LogP contribution in [0.25, 0.3) is 0 Å². The van der Waals surface area contributed by atoms with E-state index >= 15 is 0 Å². The van der Waals surface area contributed by atoms with Gasteiger partial charge in [-0.2, -0.15) is 0 Å². The molecule has 0 saturated carbocycles. The molecule has 0 aliphatic rings. The van der Waals surface area contributed by atoms with Gasteiger partial charge in [-0.05, 0) is 19.1 Å². The molecule has 16 heavy (non-hydrogen) atoms. The Bertz CT molecular complexity index is 509. The lowest BCUT2D eigenvalue weighted by molar-refractivity contribution is 0.533. The molecule has 0 fully saturated rings. The molecule has 0 aromatic heterocycles. The SMILES string of the molecule is C#CN(CC=C)S(=O)(=O)c1ccc(C)cc1. The summed E-state index contributed by atoms with van der Waals surface area (Å²) >= 11 is 0. The number of sulfonamides is 1. The molecule has 4 heteroatoms. The van der Waals surface area contributed by atoms with Crippen LogP contribution in [-0.4, -0.2) is 19.3 Å². The lowest BCUT2D eigenvalue weighted by atomic mass is 10.2. The standard InChI is InChI=1S/C12H13NO2S/c1-4-10-13(5-2)16(14,15)12-8-6-11(3)7-9-12/h2,4,6-9H,1,10H2,3H3. The molecule has 0 aliphatic heterocycles. The van der Waals surface area contributed by atoms with Crippen LogP contribution >= 0.6 is 0 Å². The van der Waals surface area contributed by atoms with E-state index in [0.717, 1.165) is 9.87 Å². The summed E-state index contributed by atoms with van der Waals surface area (Å²) in [5.74, 6) is 0. The third-order valence-electron chi connectivity index (χ3n) is 2.05. The Morgan fingerprint density at radius 3 is 2.44 bits per heavy atom. The van der Waals surface area contributed by atoms with Crippen molar-refractivity contribution in [2.24, 2.45) is 0 Å². The molecular formula is C12H13NO2S. The number of nitrogens with zero attached hydrogens (tertiary/aromatic N) is 1. The van der Waals surface area contributed by atoms with Gasteiger partial charge in [-0.15, -0.1) is 6.58 Å². The van der Waals surface area contributed by atoms with Crippen molar-refractivity contribution in [1.82, 2.24) is 4.31 Å². The molecule has 0 aliphatic carbocycles. The van der Waals surface area contributed by atoms with E-state index in [1.807, 2.05) is 6.92 Å². The molecule has 0 N–H and O–H groups in total. The van der Waals surface area contributed by atoms with Gasteiger partial charge in [0, 0.05) is 6.04 Å². The minimum Gasteiger partial charge on any atom is -0.221 e. The van der Waals surface area contributed by atoms with Crippen molar-refractivity contribution < 1.29 is 8.42 Å². The zero-order chi connectivity index (χ0) is 12.2. The van der Waals surface area contributed by atoms with E-state index in [0.29, 0.717) is 0 Å². The minimum atomic E-state index is -3.60. The average molecular weight is 235 g/mol. The van der Waals surface area contributed by atoms with Gasteiger partial charge in [-0.25, -0.2) is 12.7 Å². The zero-order valence-corrected chi connectivity index (χ0v) is 9.87. The summed E-state index contributed by atoms with van der Waals surface area (Å²) in [4.78, 5) is 0.193. The lowest BCUT2D eigenvalue weighted by Gasteiger charge is -2.15. The van der Waals surface area contributed by atoms with E-state index in [4.69, 9.17) is 6.42 Å². The number of terminal acetylenes is 1. The summed E-state index contributed by atoms with van der Waals surface area (Å²) < 4.78 is 24.9. The molecule has 0 unspecified atom stereocenters. The van der Waals surface area contributed by atoms with Gasteiger partial charge in [0.2, 0.25) is 0 Å². The summed E-state index contributed by atoms with van der Waals surface area (Å²) in [6, 6.07) is 8.67. The molecule has 1 aromatic rings. The Kier molecular flexibility index (Phi) is 3.75. The highest BCUT2D eigenvalue weighted by Crippen LogP contribution is 2.15. The predicted octanol–water partition coefficient (Wildman–Crippen LogP) is 1.76. The second-order valence-electron chi connectivity index (χ2n) is 3.27. The van der Waals surface area contributed by atoms with Crippen LogP contribution in [0.4, 0.5) is 0 Å². The van der Waals surface area contributed by atoms with E-state index in [1.165, 1.54) is 18.2 Å². The quantitative estimate of drug-likeness (QED) is 0.453. The van der Waals surface area contributed by atoms with Gasteiger partial charge in [-0.3, -0.25) is 0 Å².